The first kappa shape index (κ1) is 22.2. The van der Waals surface area contributed by atoms with Crippen molar-refractivity contribution in [1.29, 1.82) is 0 Å². The molecule has 0 saturated heterocycles. The number of amides is 1. The summed E-state index contributed by atoms with van der Waals surface area (Å²) in [4.78, 5) is 27.3. The van der Waals surface area contributed by atoms with Crippen molar-refractivity contribution in [2.24, 2.45) is 0 Å². The fourth-order valence-electron chi connectivity index (χ4n) is 2.75. The Morgan fingerprint density at radius 1 is 1.10 bits per heavy atom. The lowest BCUT2D eigenvalue weighted by Crippen LogP contribution is -2.21. The molecule has 2 N–H and O–H groups in total. The largest absolute Gasteiger partial charge is 0.497 e. The second-order valence-electron chi connectivity index (χ2n) is 6.12. The summed E-state index contributed by atoms with van der Waals surface area (Å²) in [5.41, 5.74) is 0.904. The van der Waals surface area contributed by atoms with Crippen LogP contribution in [0, 0.1) is 0 Å². The van der Waals surface area contributed by atoms with Crippen molar-refractivity contribution in [3.8, 4) is 17.2 Å². The average Bonchev–Trinajstić information content (AvgIpc) is 3.17. The number of H-pyrrole nitrogens is 1. The number of methoxy groups -OCH3 is 2. The number of anilines is 1. The molecule has 164 valence electrons. The second-order valence-corrected chi connectivity index (χ2v) is 6.53. The molecule has 0 saturated carbocycles. The molecule has 0 radical (unpaired) electrons. The molecule has 3 rings (SSSR count). The molecule has 11 heteroatoms. The van der Waals surface area contributed by atoms with Crippen molar-refractivity contribution < 1.29 is 37.3 Å². The summed E-state index contributed by atoms with van der Waals surface area (Å²) in [6.45, 7) is -3.61. The minimum absolute atomic E-state index is 0.113. The van der Waals surface area contributed by atoms with Crippen molar-refractivity contribution in [3.05, 3.63) is 47.1 Å². The van der Waals surface area contributed by atoms with E-state index in [0.29, 0.717) is 22.4 Å². The molecule has 2 aromatic carbocycles. The van der Waals surface area contributed by atoms with Gasteiger partial charge in [0.1, 0.15) is 22.9 Å². The average molecular weight is 455 g/mol. The van der Waals surface area contributed by atoms with Crippen LogP contribution in [0.15, 0.2) is 36.4 Å². The maximum atomic E-state index is 12.3. The molecule has 0 bridgehead atoms. The van der Waals surface area contributed by atoms with E-state index in [1.54, 1.807) is 18.2 Å². The molecule has 0 unspecified atom stereocenters. The zero-order valence-electron chi connectivity index (χ0n) is 16.3. The van der Waals surface area contributed by atoms with E-state index in [2.05, 4.69) is 15.0 Å². The van der Waals surface area contributed by atoms with E-state index in [1.165, 1.54) is 32.4 Å². The van der Waals surface area contributed by atoms with Gasteiger partial charge in [0.2, 0.25) is 0 Å². The van der Waals surface area contributed by atoms with Crippen molar-refractivity contribution in [1.82, 2.24) is 4.98 Å². The van der Waals surface area contributed by atoms with Crippen LogP contribution in [-0.4, -0.2) is 44.3 Å². The normalized spacial score (nSPS) is 10.8. The summed E-state index contributed by atoms with van der Waals surface area (Å²) in [6.07, 6.45) is 0. The molecule has 8 nitrogen and oxygen atoms in total. The molecule has 0 aliphatic rings. The Kier molecular flexibility index (Phi) is 6.81. The van der Waals surface area contributed by atoms with E-state index >= 15 is 0 Å². The maximum Gasteiger partial charge on any atom is 0.387 e. The minimum atomic E-state index is -3.02. The number of ether oxygens (including phenoxy) is 4. The molecule has 1 aromatic heterocycles. The number of hydrogen-bond acceptors (Lipinski definition) is 6. The van der Waals surface area contributed by atoms with E-state index in [-0.39, 0.29) is 22.2 Å². The summed E-state index contributed by atoms with van der Waals surface area (Å²) in [6, 6.07) is 8.65. The fourth-order valence-corrected chi connectivity index (χ4v) is 2.97. The fraction of sp³-hybridized carbons (Fsp3) is 0.200. The molecule has 1 heterocycles. The third-order valence-corrected chi connectivity index (χ3v) is 4.40. The molecule has 0 aliphatic carbocycles. The quantitative estimate of drug-likeness (QED) is 0.494. The van der Waals surface area contributed by atoms with Crippen LogP contribution in [0.5, 0.6) is 17.2 Å². The maximum absolute atomic E-state index is 12.3. The van der Waals surface area contributed by atoms with Gasteiger partial charge in [0.25, 0.3) is 5.91 Å². The van der Waals surface area contributed by atoms with Gasteiger partial charge in [0.05, 0.1) is 24.8 Å². The Balaban J connectivity index is 1.63. The smallest absolute Gasteiger partial charge is 0.387 e. The monoisotopic (exact) mass is 454 g/mol. The summed E-state index contributed by atoms with van der Waals surface area (Å²) >= 11 is 5.83. The number of halogens is 3. The number of rotatable bonds is 8. The number of fused-ring (bicyclic) bond motifs is 1. The van der Waals surface area contributed by atoms with Gasteiger partial charge in [-0.05, 0) is 30.3 Å². The lowest BCUT2D eigenvalue weighted by atomic mass is 10.2. The summed E-state index contributed by atoms with van der Waals surface area (Å²) in [5.74, 6) is -0.617. The van der Waals surface area contributed by atoms with Crippen molar-refractivity contribution in [2.45, 2.75) is 6.61 Å². The number of aromatic nitrogens is 1. The Morgan fingerprint density at radius 2 is 1.87 bits per heavy atom. The highest BCUT2D eigenvalue weighted by molar-refractivity contribution is 6.32. The molecule has 0 fully saturated rings. The van der Waals surface area contributed by atoms with Gasteiger partial charge in [-0.3, -0.25) is 4.79 Å². The lowest BCUT2D eigenvalue weighted by molar-refractivity contribution is -0.119. The Labute approximate surface area is 180 Å². The summed E-state index contributed by atoms with van der Waals surface area (Å²) in [7, 11) is 2.99. The standard InChI is InChI=1S/C20H17ClF2N2O6/c1-28-12-5-10-6-14(25-18(10)16(8-12)29-2)19(27)30-9-17(26)24-11-3-4-15(13(21)7-11)31-20(22)23/h3-8,20,25H,9H2,1-2H3,(H,24,26). The van der Waals surface area contributed by atoms with E-state index in [9.17, 15) is 18.4 Å². The third-order valence-electron chi connectivity index (χ3n) is 4.11. The number of nitrogens with one attached hydrogen (secondary N) is 2. The highest BCUT2D eigenvalue weighted by Crippen LogP contribution is 2.31. The second kappa shape index (κ2) is 9.52. The van der Waals surface area contributed by atoms with Crippen LogP contribution in [0.4, 0.5) is 14.5 Å². The van der Waals surface area contributed by atoms with Crippen LogP contribution in [0.1, 0.15) is 10.5 Å². The number of carbonyl (C=O) groups is 2. The van der Waals surface area contributed by atoms with Gasteiger partial charge in [0, 0.05) is 17.1 Å². The topological polar surface area (TPSA) is 98.9 Å². The zero-order chi connectivity index (χ0) is 22.5. The number of carbonyl (C=O) groups excluding carboxylic acids is 2. The van der Waals surface area contributed by atoms with Crippen LogP contribution in [-0.2, 0) is 9.53 Å². The van der Waals surface area contributed by atoms with Gasteiger partial charge in [-0.1, -0.05) is 11.6 Å². The number of alkyl halides is 2. The van der Waals surface area contributed by atoms with Crippen LogP contribution in [0.3, 0.4) is 0 Å². The molecule has 3 aromatic rings. The van der Waals surface area contributed by atoms with Crippen LogP contribution in [0.25, 0.3) is 10.9 Å². The Bertz CT molecular complexity index is 1120. The lowest BCUT2D eigenvalue weighted by Gasteiger charge is -2.09. The van der Waals surface area contributed by atoms with Gasteiger partial charge in [-0.2, -0.15) is 8.78 Å². The molecule has 0 atom stereocenters. The molecular weight excluding hydrogens is 438 g/mol. The van der Waals surface area contributed by atoms with Gasteiger partial charge in [0.15, 0.2) is 6.61 Å². The van der Waals surface area contributed by atoms with Crippen molar-refractivity contribution in [2.75, 3.05) is 26.1 Å². The summed E-state index contributed by atoms with van der Waals surface area (Å²) < 4.78 is 44.2. The molecule has 0 aliphatic heterocycles. The Morgan fingerprint density at radius 3 is 2.52 bits per heavy atom. The third kappa shape index (κ3) is 5.34. The number of esters is 1. The van der Waals surface area contributed by atoms with E-state index in [4.69, 9.17) is 25.8 Å². The predicted octanol–water partition coefficient (Wildman–Crippen LogP) is 4.24. The number of benzene rings is 2. The van der Waals surface area contributed by atoms with Gasteiger partial charge >= 0.3 is 12.6 Å². The first-order valence-corrected chi connectivity index (χ1v) is 9.14. The Hall–Kier alpha value is -3.53. The van der Waals surface area contributed by atoms with Crippen LogP contribution < -0.4 is 19.5 Å². The van der Waals surface area contributed by atoms with E-state index in [1.807, 2.05) is 0 Å². The highest BCUT2D eigenvalue weighted by Gasteiger charge is 2.17. The molecular formula is C20H17ClF2N2O6. The molecule has 31 heavy (non-hydrogen) atoms. The SMILES string of the molecule is COc1cc(OC)c2[nH]c(C(=O)OCC(=O)Nc3ccc(OC(F)F)c(Cl)c3)cc2c1. The number of aromatic amines is 1. The predicted molar refractivity (Wildman–Crippen MR) is 108 cm³/mol. The molecule has 1 amide bonds. The first-order chi connectivity index (χ1) is 14.8. The van der Waals surface area contributed by atoms with E-state index < -0.39 is 25.1 Å². The first-order valence-electron chi connectivity index (χ1n) is 8.76. The van der Waals surface area contributed by atoms with Crippen LogP contribution in [0.2, 0.25) is 5.02 Å². The van der Waals surface area contributed by atoms with Crippen molar-refractivity contribution in [3.63, 3.8) is 0 Å². The minimum Gasteiger partial charge on any atom is -0.497 e. The van der Waals surface area contributed by atoms with Gasteiger partial charge in [-0.25, -0.2) is 4.79 Å². The molecule has 0 spiro atoms. The summed E-state index contributed by atoms with van der Waals surface area (Å²) in [5, 5.41) is 2.99. The van der Waals surface area contributed by atoms with Gasteiger partial charge < -0.3 is 29.2 Å². The zero-order valence-corrected chi connectivity index (χ0v) is 17.1. The van der Waals surface area contributed by atoms with Crippen molar-refractivity contribution >= 4 is 40.1 Å². The van der Waals surface area contributed by atoms with E-state index in [0.717, 1.165) is 0 Å². The highest BCUT2D eigenvalue weighted by atomic mass is 35.5. The van der Waals surface area contributed by atoms with Crippen LogP contribution >= 0.6 is 11.6 Å². The van der Waals surface area contributed by atoms with Gasteiger partial charge in [-0.15, -0.1) is 0 Å². The number of hydrogen-bond donors (Lipinski definition) is 2.